The molecule has 1 heterocycles. The molecule has 0 amide bonds. The summed E-state index contributed by atoms with van der Waals surface area (Å²) in [7, 11) is 0. The summed E-state index contributed by atoms with van der Waals surface area (Å²) in [4.78, 5) is 12.1. The predicted octanol–water partition coefficient (Wildman–Crippen LogP) is 1.76. The van der Waals surface area contributed by atoms with E-state index < -0.39 is 6.04 Å². The van der Waals surface area contributed by atoms with Gasteiger partial charge in [0.2, 0.25) is 0 Å². The smallest absolute Gasteiger partial charge is 0.323 e. The Morgan fingerprint density at radius 2 is 1.90 bits per heavy atom. The standard InChI is InChI=1S/C16H23NO4/c1-10-7-14(8-11(2)20-10)21-16(19)15(17)9-12-3-5-13(18)6-4-12/h3-6,10-11,14-15,18H,7-9,17H2,1-2H3/t10?,11?,14?,15-/m1/s1. The second kappa shape index (κ2) is 6.91. The van der Waals surface area contributed by atoms with E-state index in [1.165, 1.54) is 0 Å². The van der Waals surface area contributed by atoms with Crippen LogP contribution in [0.2, 0.25) is 0 Å². The Morgan fingerprint density at radius 1 is 1.33 bits per heavy atom. The average molecular weight is 293 g/mol. The summed E-state index contributed by atoms with van der Waals surface area (Å²) in [5, 5.41) is 9.23. The quantitative estimate of drug-likeness (QED) is 0.827. The average Bonchev–Trinajstić information content (AvgIpc) is 2.40. The van der Waals surface area contributed by atoms with Gasteiger partial charge in [-0.1, -0.05) is 12.1 Å². The maximum absolute atomic E-state index is 12.1. The second-order valence-corrected chi connectivity index (χ2v) is 5.76. The molecule has 3 N–H and O–H groups in total. The highest BCUT2D eigenvalue weighted by Crippen LogP contribution is 2.22. The Bertz CT molecular complexity index is 464. The third-order valence-electron chi connectivity index (χ3n) is 3.63. The molecule has 0 bridgehead atoms. The molecular weight excluding hydrogens is 270 g/mol. The van der Waals surface area contributed by atoms with Crippen molar-refractivity contribution in [2.24, 2.45) is 5.73 Å². The van der Waals surface area contributed by atoms with Crippen molar-refractivity contribution in [3.8, 4) is 5.75 Å². The van der Waals surface area contributed by atoms with E-state index in [2.05, 4.69) is 0 Å². The van der Waals surface area contributed by atoms with Crippen molar-refractivity contribution < 1.29 is 19.4 Å². The number of ether oxygens (including phenoxy) is 2. The van der Waals surface area contributed by atoms with Crippen LogP contribution in [0.4, 0.5) is 0 Å². The van der Waals surface area contributed by atoms with Crippen LogP contribution in [-0.4, -0.2) is 35.4 Å². The highest BCUT2D eigenvalue weighted by Gasteiger charge is 2.28. The number of hydrogen-bond donors (Lipinski definition) is 2. The maximum atomic E-state index is 12.1. The minimum atomic E-state index is -0.692. The van der Waals surface area contributed by atoms with Crippen molar-refractivity contribution in [2.45, 2.75) is 57.5 Å². The van der Waals surface area contributed by atoms with E-state index in [1.54, 1.807) is 24.3 Å². The number of aromatic hydroxyl groups is 1. The van der Waals surface area contributed by atoms with E-state index in [4.69, 9.17) is 15.2 Å². The van der Waals surface area contributed by atoms with Crippen LogP contribution in [0.1, 0.15) is 32.3 Å². The fraction of sp³-hybridized carbons (Fsp3) is 0.562. The maximum Gasteiger partial charge on any atom is 0.323 e. The number of carbonyl (C=O) groups is 1. The van der Waals surface area contributed by atoms with Gasteiger partial charge in [-0.05, 0) is 38.0 Å². The first-order valence-corrected chi connectivity index (χ1v) is 7.33. The summed E-state index contributed by atoms with van der Waals surface area (Å²) < 4.78 is 11.1. The van der Waals surface area contributed by atoms with E-state index >= 15 is 0 Å². The molecule has 3 atom stereocenters. The van der Waals surface area contributed by atoms with Crippen LogP contribution in [0.25, 0.3) is 0 Å². The van der Waals surface area contributed by atoms with Gasteiger partial charge in [-0.3, -0.25) is 4.79 Å². The molecule has 0 saturated carbocycles. The fourth-order valence-electron chi connectivity index (χ4n) is 2.66. The molecule has 2 rings (SSSR count). The van der Waals surface area contributed by atoms with Gasteiger partial charge in [-0.25, -0.2) is 0 Å². The van der Waals surface area contributed by atoms with Gasteiger partial charge < -0.3 is 20.3 Å². The molecule has 5 nitrogen and oxygen atoms in total. The highest BCUT2D eigenvalue weighted by atomic mass is 16.6. The molecular formula is C16H23NO4. The summed E-state index contributed by atoms with van der Waals surface area (Å²) in [6.07, 6.45) is 1.89. The number of rotatable bonds is 4. The number of carbonyl (C=O) groups excluding carboxylic acids is 1. The van der Waals surface area contributed by atoms with Crippen molar-refractivity contribution in [1.82, 2.24) is 0 Å². The fourth-order valence-corrected chi connectivity index (χ4v) is 2.66. The third-order valence-corrected chi connectivity index (χ3v) is 3.63. The first-order chi connectivity index (χ1) is 9.94. The van der Waals surface area contributed by atoms with Gasteiger partial charge in [0.05, 0.1) is 12.2 Å². The van der Waals surface area contributed by atoms with Gasteiger partial charge in [0, 0.05) is 12.8 Å². The van der Waals surface area contributed by atoms with Crippen molar-refractivity contribution in [1.29, 1.82) is 0 Å². The Balaban J connectivity index is 1.86. The van der Waals surface area contributed by atoms with E-state index in [0.29, 0.717) is 19.3 Å². The normalized spacial score (nSPS) is 27.1. The number of benzene rings is 1. The lowest BCUT2D eigenvalue weighted by Crippen LogP contribution is -2.41. The molecule has 2 unspecified atom stereocenters. The highest BCUT2D eigenvalue weighted by molar-refractivity contribution is 5.76. The third kappa shape index (κ3) is 4.72. The van der Waals surface area contributed by atoms with Crippen molar-refractivity contribution in [3.05, 3.63) is 29.8 Å². The molecule has 0 radical (unpaired) electrons. The number of nitrogens with two attached hydrogens (primary N) is 1. The topological polar surface area (TPSA) is 81.8 Å². The molecule has 0 spiro atoms. The molecule has 1 fully saturated rings. The Kier molecular flexibility index (Phi) is 5.20. The lowest BCUT2D eigenvalue weighted by molar-refractivity contribution is -0.161. The van der Waals surface area contributed by atoms with Crippen molar-refractivity contribution >= 4 is 5.97 Å². The van der Waals surface area contributed by atoms with Crippen LogP contribution in [0, 0.1) is 0 Å². The first kappa shape index (κ1) is 15.8. The number of phenols is 1. The Morgan fingerprint density at radius 3 is 2.48 bits per heavy atom. The number of hydrogen-bond acceptors (Lipinski definition) is 5. The van der Waals surface area contributed by atoms with E-state index in [-0.39, 0.29) is 30.0 Å². The lowest BCUT2D eigenvalue weighted by atomic mass is 10.0. The van der Waals surface area contributed by atoms with Crippen LogP contribution < -0.4 is 5.73 Å². The molecule has 1 aromatic rings. The lowest BCUT2D eigenvalue weighted by Gasteiger charge is -2.32. The predicted molar refractivity (Wildman–Crippen MR) is 78.9 cm³/mol. The molecule has 116 valence electrons. The van der Waals surface area contributed by atoms with Crippen LogP contribution in [-0.2, 0) is 20.7 Å². The molecule has 0 aromatic heterocycles. The van der Waals surface area contributed by atoms with Crippen LogP contribution in [0.5, 0.6) is 5.75 Å². The summed E-state index contributed by atoms with van der Waals surface area (Å²) >= 11 is 0. The van der Waals surface area contributed by atoms with Gasteiger partial charge in [0.15, 0.2) is 0 Å². The van der Waals surface area contributed by atoms with E-state index in [9.17, 15) is 9.90 Å². The van der Waals surface area contributed by atoms with Gasteiger partial charge in [0.25, 0.3) is 0 Å². The van der Waals surface area contributed by atoms with Gasteiger partial charge in [-0.2, -0.15) is 0 Å². The Labute approximate surface area is 125 Å². The molecule has 0 aliphatic carbocycles. The Hall–Kier alpha value is -1.59. The summed E-state index contributed by atoms with van der Waals surface area (Å²) in [6.45, 7) is 3.96. The first-order valence-electron chi connectivity index (χ1n) is 7.33. The zero-order valence-electron chi connectivity index (χ0n) is 12.5. The molecule has 1 aliphatic heterocycles. The SMILES string of the molecule is CC1CC(OC(=O)[C@H](N)Cc2ccc(O)cc2)CC(C)O1. The number of phenolic OH excluding ortho intramolecular Hbond substituents is 1. The monoisotopic (exact) mass is 293 g/mol. The van der Waals surface area contributed by atoms with E-state index in [1.807, 2.05) is 13.8 Å². The minimum absolute atomic E-state index is 0.0971. The van der Waals surface area contributed by atoms with Crippen molar-refractivity contribution in [2.75, 3.05) is 0 Å². The zero-order valence-corrected chi connectivity index (χ0v) is 12.5. The molecule has 1 saturated heterocycles. The summed E-state index contributed by atoms with van der Waals surface area (Å²) in [6, 6.07) is 5.97. The minimum Gasteiger partial charge on any atom is -0.508 e. The zero-order chi connectivity index (χ0) is 15.4. The van der Waals surface area contributed by atoms with Gasteiger partial charge in [-0.15, -0.1) is 0 Å². The van der Waals surface area contributed by atoms with Crippen molar-refractivity contribution in [3.63, 3.8) is 0 Å². The largest absolute Gasteiger partial charge is 0.508 e. The van der Waals surface area contributed by atoms with Crippen LogP contribution in [0.3, 0.4) is 0 Å². The van der Waals surface area contributed by atoms with Gasteiger partial charge in [0.1, 0.15) is 17.9 Å². The summed E-state index contributed by atoms with van der Waals surface area (Å²) in [5.41, 5.74) is 6.80. The molecule has 1 aliphatic rings. The molecule has 1 aromatic carbocycles. The van der Waals surface area contributed by atoms with Crippen LogP contribution >= 0.6 is 0 Å². The number of esters is 1. The molecule has 5 heteroatoms. The molecule has 21 heavy (non-hydrogen) atoms. The second-order valence-electron chi connectivity index (χ2n) is 5.76. The van der Waals surface area contributed by atoms with Crippen LogP contribution in [0.15, 0.2) is 24.3 Å². The van der Waals surface area contributed by atoms with Gasteiger partial charge >= 0.3 is 5.97 Å². The van der Waals surface area contributed by atoms with E-state index in [0.717, 1.165) is 5.56 Å². The summed E-state index contributed by atoms with van der Waals surface area (Å²) in [5.74, 6) is -0.186.